The number of rotatable bonds is 4. The second-order valence-corrected chi connectivity index (χ2v) is 5.89. The van der Waals surface area contributed by atoms with Gasteiger partial charge in [-0.1, -0.05) is 12.1 Å². The number of para-hydroxylation sites is 1. The number of benzene rings is 1. The van der Waals surface area contributed by atoms with Crippen molar-refractivity contribution in [2.75, 3.05) is 12.5 Å². The Morgan fingerprint density at radius 2 is 2.30 bits per heavy atom. The lowest BCUT2D eigenvalue weighted by Gasteiger charge is -2.24. The van der Waals surface area contributed by atoms with Crippen LogP contribution in [-0.4, -0.2) is 28.1 Å². The SMILES string of the molecule is Cc1cccc2c1nc(CCCl)n2CC1CCCCO1. The van der Waals surface area contributed by atoms with E-state index in [1.165, 1.54) is 23.9 Å². The molecule has 1 fully saturated rings. The highest BCUT2D eigenvalue weighted by Crippen LogP contribution is 2.23. The van der Waals surface area contributed by atoms with Gasteiger partial charge in [0.05, 0.1) is 23.7 Å². The highest BCUT2D eigenvalue weighted by atomic mass is 35.5. The Labute approximate surface area is 124 Å². The Morgan fingerprint density at radius 3 is 3.05 bits per heavy atom. The van der Waals surface area contributed by atoms with Crippen molar-refractivity contribution in [1.82, 2.24) is 9.55 Å². The van der Waals surface area contributed by atoms with Crippen molar-refractivity contribution < 1.29 is 4.74 Å². The van der Waals surface area contributed by atoms with Crippen molar-refractivity contribution in [2.45, 2.75) is 45.3 Å². The zero-order chi connectivity index (χ0) is 13.9. The molecule has 0 amide bonds. The third-order valence-corrected chi connectivity index (χ3v) is 4.23. The molecule has 2 heterocycles. The highest BCUT2D eigenvalue weighted by Gasteiger charge is 2.18. The Balaban J connectivity index is 1.97. The summed E-state index contributed by atoms with van der Waals surface area (Å²) in [4.78, 5) is 4.79. The van der Waals surface area contributed by atoms with Crippen LogP contribution >= 0.6 is 11.6 Å². The van der Waals surface area contributed by atoms with E-state index >= 15 is 0 Å². The van der Waals surface area contributed by atoms with Gasteiger partial charge < -0.3 is 9.30 Å². The number of hydrogen-bond acceptors (Lipinski definition) is 2. The molecule has 0 bridgehead atoms. The van der Waals surface area contributed by atoms with Crippen LogP contribution in [0, 0.1) is 6.92 Å². The summed E-state index contributed by atoms with van der Waals surface area (Å²) in [5, 5.41) is 0. The van der Waals surface area contributed by atoms with Gasteiger partial charge in [-0.3, -0.25) is 0 Å². The Bertz CT molecular complexity index is 587. The van der Waals surface area contributed by atoms with Crippen LogP contribution in [0.25, 0.3) is 11.0 Å². The standard InChI is InChI=1S/C16H21ClN2O/c1-12-5-4-7-14-16(12)18-15(8-9-17)19(14)11-13-6-2-3-10-20-13/h4-5,7,13H,2-3,6,8-11H2,1H3. The van der Waals surface area contributed by atoms with E-state index in [4.69, 9.17) is 21.3 Å². The monoisotopic (exact) mass is 292 g/mol. The first-order valence-electron chi connectivity index (χ1n) is 7.42. The summed E-state index contributed by atoms with van der Waals surface area (Å²) in [7, 11) is 0. The first kappa shape index (κ1) is 13.9. The number of halogens is 1. The molecule has 108 valence electrons. The third kappa shape index (κ3) is 2.70. The fourth-order valence-corrected chi connectivity index (χ4v) is 3.14. The van der Waals surface area contributed by atoms with E-state index in [0.29, 0.717) is 12.0 Å². The predicted molar refractivity (Wildman–Crippen MR) is 82.5 cm³/mol. The zero-order valence-electron chi connectivity index (χ0n) is 11.9. The van der Waals surface area contributed by atoms with Crippen LogP contribution in [0.5, 0.6) is 0 Å². The molecule has 3 nitrogen and oxygen atoms in total. The van der Waals surface area contributed by atoms with E-state index in [0.717, 1.165) is 37.3 Å². The van der Waals surface area contributed by atoms with Crippen molar-refractivity contribution >= 4 is 22.6 Å². The van der Waals surface area contributed by atoms with Gasteiger partial charge in [0.25, 0.3) is 0 Å². The Morgan fingerprint density at radius 1 is 1.40 bits per heavy atom. The van der Waals surface area contributed by atoms with Crippen LogP contribution in [0.15, 0.2) is 18.2 Å². The molecule has 1 aromatic carbocycles. The van der Waals surface area contributed by atoms with E-state index in [2.05, 4.69) is 29.7 Å². The number of nitrogens with zero attached hydrogens (tertiary/aromatic N) is 2. The lowest BCUT2D eigenvalue weighted by Crippen LogP contribution is -2.25. The average molecular weight is 293 g/mol. The van der Waals surface area contributed by atoms with Gasteiger partial charge in [-0.05, 0) is 37.8 Å². The summed E-state index contributed by atoms with van der Waals surface area (Å²) in [6.45, 7) is 3.90. The number of aryl methyl sites for hydroxylation is 2. The van der Waals surface area contributed by atoms with Gasteiger partial charge >= 0.3 is 0 Å². The fourth-order valence-electron chi connectivity index (χ4n) is 2.97. The lowest BCUT2D eigenvalue weighted by atomic mass is 10.1. The minimum atomic E-state index is 0.315. The molecule has 1 atom stereocenters. The number of alkyl halides is 1. The van der Waals surface area contributed by atoms with Gasteiger partial charge in [0, 0.05) is 18.9 Å². The Hall–Kier alpha value is -1.06. The molecule has 0 N–H and O–H groups in total. The van der Waals surface area contributed by atoms with Gasteiger partial charge in [-0.2, -0.15) is 0 Å². The lowest BCUT2D eigenvalue weighted by molar-refractivity contribution is 0.00621. The fraction of sp³-hybridized carbons (Fsp3) is 0.562. The van der Waals surface area contributed by atoms with Crippen molar-refractivity contribution in [1.29, 1.82) is 0 Å². The first-order valence-corrected chi connectivity index (χ1v) is 7.95. The van der Waals surface area contributed by atoms with Gasteiger partial charge in [0.1, 0.15) is 5.82 Å². The second kappa shape index (κ2) is 6.15. The van der Waals surface area contributed by atoms with Gasteiger partial charge in [0.15, 0.2) is 0 Å². The molecule has 0 radical (unpaired) electrons. The molecule has 1 aromatic heterocycles. The molecular weight excluding hydrogens is 272 g/mol. The summed E-state index contributed by atoms with van der Waals surface area (Å²) >= 11 is 5.93. The number of ether oxygens (including phenoxy) is 1. The smallest absolute Gasteiger partial charge is 0.111 e. The van der Waals surface area contributed by atoms with Crippen LogP contribution in [0.2, 0.25) is 0 Å². The Kier molecular flexibility index (Phi) is 4.27. The maximum atomic E-state index is 5.93. The van der Waals surface area contributed by atoms with E-state index in [9.17, 15) is 0 Å². The number of imidazole rings is 1. The molecular formula is C16H21ClN2O. The van der Waals surface area contributed by atoms with Crippen LogP contribution in [0.3, 0.4) is 0 Å². The normalized spacial score (nSPS) is 19.6. The summed E-state index contributed by atoms with van der Waals surface area (Å²) < 4.78 is 8.19. The zero-order valence-corrected chi connectivity index (χ0v) is 12.7. The largest absolute Gasteiger partial charge is 0.376 e. The first-order chi connectivity index (χ1) is 9.79. The summed E-state index contributed by atoms with van der Waals surface area (Å²) in [5.74, 6) is 1.69. The molecule has 0 spiro atoms. The molecule has 1 unspecified atom stereocenters. The van der Waals surface area contributed by atoms with Crippen molar-refractivity contribution in [2.24, 2.45) is 0 Å². The summed E-state index contributed by atoms with van der Waals surface area (Å²) in [5.41, 5.74) is 3.53. The van der Waals surface area contributed by atoms with Crippen molar-refractivity contribution in [3.05, 3.63) is 29.6 Å². The van der Waals surface area contributed by atoms with Gasteiger partial charge in [-0.25, -0.2) is 4.98 Å². The van der Waals surface area contributed by atoms with E-state index in [1.807, 2.05) is 0 Å². The van der Waals surface area contributed by atoms with Gasteiger partial charge in [-0.15, -0.1) is 11.6 Å². The quantitative estimate of drug-likeness (QED) is 0.804. The molecule has 3 rings (SSSR count). The van der Waals surface area contributed by atoms with Crippen molar-refractivity contribution in [3.63, 3.8) is 0 Å². The topological polar surface area (TPSA) is 27.1 Å². The molecule has 4 heteroatoms. The van der Waals surface area contributed by atoms with Crippen LogP contribution in [0.1, 0.15) is 30.7 Å². The molecule has 0 saturated carbocycles. The molecule has 1 aliphatic rings. The van der Waals surface area contributed by atoms with Crippen LogP contribution in [0.4, 0.5) is 0 Å². The van der Waals surface area contributed by atoms with Crippen LogP contribution in [-0.2, 0) is 17.7 Å². The minimum Gasteiger partial charge on any atom is -0.376 e. The van der Waals surface area contributed by atoms with Crippen molar-refractivity contribution in [3.8, 4) is 0 Å². The maximum Gasteiger partial charge on any atom is 0.111 e. The number of hydrogen-bond donors (Lipinski definition) is 0. The number of aromatic nitrogens is 2. The second-order valence-electron chi connectivity index (χ2n) is 5.51. The molecule has 1 aliphatic heterocycles. The van der Waals surface area contributed by atoms with Gasteiger partial charge in [0.2, 0.25) is 0 Å². The molecule has 20 heavy (non-hydrogen) atoms. The predicted octanol–water partition coefficient (Wildman–Crippen LogP) is 3.70. The third-order valence-electron chi connectivity index (χ3n) is 4.04. The minimum absolute atomic E-state index is 0.315. The highest BCUT2D eigenvalue weighted by molar-refractivity contribution is 6.17. The molecule has 0 aliphatic carbocycles. The molecule has 2 aromatic rings. The van der Waals surface area contributed by atoms with E-state index in [1.54, 1.807) is 0 Å². The van der Waals surface area contributed by atoms with E-state index < -0.39 is 0 Å². The average Bonchev–Trinajstić information content (AvgIpc) is 2.81. The summed E-state index contributed by atoms with van der Waals surface area (Å²) in [6, 6.07) is 6.36. The number of fused-ring (bicyclic) bond motifs is 1. The maximum absolute atomic E-state index is 5.93. The summed E-state index contributed by atoms with van der Waals surface area (Å²) in [6.07, 6.45) is 4.72. The molecule has 1 saturated heterocycles. The van der Waals surface area contributed by atoms with Crippen LogP contribution < -0.4 is 0 Å². The van der Waals surface area contributed by atoms with E-state index in [-0.39, 0.29) is 0 Å².